The molecule has 4 aliphatic rings. The first-order valence-electron chi connectivity index (χ1n) is 14.0. The maximum absolute atomic E-state index is 14.6. The average Bonchev–Trinajstić information content (AvgIpc) is 3.12. The number of hydrogen-bond acceptors (Lipinski definition) is 4. The Bertz CT molecular complexity index is 1210. The van der Waals surface area contributed by atoms with E-state index in [9.17, 15) is 23.8 Å². The Hall–Kier alpha value is -2.51. The first kappa shape index (κ1) is 25.8. The van der Waals surface area contributed by atoms with Gasteiger partial charge in [-0.15, -0.1) is 0 Å². The lowest BCUT2D eigenvalue weighted by molar-refractivity contribution is -0.139. The molecule has 0 aliphatic heterocycles. The number of aliphatic carboxylic acids is 1. The van der Waals surface area contributed by atoms with E-state index < -0.39 is 23.7 Å². The quantitative estimate of drug-likeness (QED) is 0.409. The average molecular weight is 526 g/mol. The van der Waals surface area contributed by atoms with Gasteiger partial charge in [0.2, 0.25) is 5.82 Å². The summed E-state index contributed by atoms with van der Waals surface area (Å²) in [4.78, 5) is 11.5. The molecule has 0 saturated heterocycles. The van der Waals surface area contributed by atoms with Gasteiger partial charge in [0.05, 0.1) is 5.92 Å². The first-order valence-corrected chi connectivity index (χ1v) is 14.0. The summed E-state index contributed by atoms with van der Waals surface area (Å²) in [5.41, 5.74) is 3.32. The molecule has 204 valence electrons. The molecule has 3 N–H and O–H groups in total. The maximum Gasteiger partial charge on any atom is 0.307 e. The Balaban J connectivity index is 1.03. The van der Waals surface area contributed by atoms with E-state index in [1.165, 1.54) is 17.2 Å². The van der Waals surface area contributed by atoms with E-state index >= 15 is 0 Å². The van der Waals surface area contributed by atoms with Crippen molar-refractivity contribution in [3.05, 3.63) is 64.7 Å². The molecule has 5 nitrogen and oxygen atoms in total. The number of hydrogen-bond donors (Lipinski definition) is 3. The number of aliphatic hydroxyl groups excluding tert-OH is 1. The number of ether oxygens (including phenoxy) is 1. The van der Waals surface area contributed by atoms with Crippen molar-refractivity contribution < 1.29 is 28.5 Å². The summed E-state index contributed by atoms with van der Waals surface area (Å²) in [6, 6.07) is 11.4. The van der Waals surface area contributed by atoms with Gasteiger partial charge in [0.1, 0.15) is 12.7 Å². The molecule has 0 amide bonds. The van der Waals surface area contributed by atoms with Crippen molar-refractivity contribution in [2.45, 2.75) is 63.5 Å². The van der Waals surface area contributed by atoms with Crippen molar-refractivity contribution in [3.63, 3.8) is 0 Å². The van der Waals surface area contributed by atoms with Crippen LogP contribution in [0.4, 0.5) is 8.78 Å². The molecule has 38 heavy (non-hydrogen) atoms. The molecule has 3 fully saturated rings. The molecule has 3 saturated carbocycles. The third-order valence-corrected chi connectivity index (χ3v) is 9.73. The van der Waals surface area contributed by atoms with Crippen molar-refractivity contribution in [2.24, 2.45) is 35.5 Å². The van der Waals surface area contributed by atoms with Crippen LogP contribution < -0.4 is 10.1 Å². The van der Waals surface area contributed by atoms with Crippen molar-refractivity contribution in [2.75, 3.05) is 13.2 Å². The van der Waals surface area contributed by atoms with Crippen LogP contribution in [-0.2, 0) is 17.6 Å². The van der Waals surface area contributed by atoms with Gasteiger partial charge in [-0.25, -0.2) is 4.39 Å². The largest absolute Gasteiger partial charge is 0.488 e. The predicted molar refractivity (Wildman–Crippen MR) is 139 cm³/mol. The summed E-state index contributed by atoms with van der Waals surface area (Å²) >= 11 is 0. The van der Waals surface area contributed by atoms with Gasteiger partial charge >= 0.3 is 5.97 Å². The van der Waals surface area contributed by atoms with E-state index in [-0.39, 0.29) is 54.0 Å². The van der Waals surface area contributed by atoms with Crippen LogP contribution in [0.5, 0.6) is 5.75 Å². The number of nitrogens with one attached hydrogen (secondary N) is 1. The lowest BCUT2D eigenvalue weighted by Gasteiger charge is -2.30. The van der Waals surface area contributed by atoms with Crippen LogP contribution in [0.3, 0.4) is 0 Å². The molecule has 7 heteroatoms. The monoisotopic (exact) mass is 525 g/mol. The molecule has 0 aromatic heterocycles. The molecule has 0 heterocycles. The van der Waals surface area contributed by atoms with Crippen molar-refractivity contribution >= 4 is 5.97 Å². The van der Waals surface area contributed by atoms with Crippen LogP contribution in [0.25, 0.3) is 0 Å². The normalized spacial score (nSPS) is 30.2. The number of fused-ring (bicyclic) bond motifs is 6. The molecule has 2 aromatic rings. The first-order chi connectivity index (χ1) is 18.1. The fourth-order valence-corrected chi connectivity index (χ4v) is 8.21. The molecular weight excluding hydrogens is 488 g/mol. The van der Waals surface area contributed by atoms with E-state index in [1.807, 2.05) is 0 Å². The summed E-state index contributed by atoms with van der Waals surface area (Å²) in [5.74, 6) is -1.68. The number of carboxylic acid groups (broad SMARTS) is 1. The third-order valence-electron chi connectivity index (χ3n) is 9.73. The molecule has 0 spiro atoms. The summed E-state index contributed by atoms with van der Waals surface area (Å²) in [6.07, 6.45) is 3.99. The summed E-state index contributed by atoms with van der Waals surface area (Å²) < 4.78 is 34.7. The fourth-order valence-electron chi connectivity index (χ4n) is 8.21. The number of carboxylic acids is 1. The lowest BCUT2D eigenvalue weighted by Crippen LogP contribution is -2.46. The summed E-state index contributed by atoms with van der Waals surface area (Å²) in [6.45, 7) is 4.37. The maximum atomic E-state index is 14.6. The summed E-state index contributed by atoms with van der Waals surface area (Å²) in [5, 5.41) is 23.5. The minimum Gasteiger partial charge on any atom is -0.488 e. The van der Waals surface area contributed by atoms with E-state index in [4.69, 9.17) is 4.74 Å². The van der Waals surface area contributed by atoms with Gasteiger partial charge in [0.25, 0.3) is 0 Å². The van der Waals surface area contributed by atoms with Gasteiger partial charge < -0.3 is 20.3 Å². The van der Waals surface area contributed by atoms with Crippen LogP contribution in [0.2, 0.25) is 0 Å². The minimum atomic E-state index is -1.05. The van der Waals surface area contributed by atoms with Crippen LogP contribution in [0, 0.1) is 47.1 Å². The Morgan fingerprint density at radius 3 is 2.53 bits per heavy atom. The third kappa shape index (κ3) is 4.73. The second-order valence-electron chi connectivity index (χ2n) is 12.8. The van der Waals surface area contributed by atoms with Crippen LogP contribution in [-0.4, -0.2) is 41.0 Å². The Labute approximate surface area is 222 Å². The number of carbonyl (C=O) groups is 1. The van der Waals surface area contributed by atoms with Crippen molar-refractivity contribution in [1.29, 1.82) is 0 Å². The smallest absolute Gasteiger partial charge is 0.307 e. The van der Waals surface area contributed by atoms with E-state index in [0.29, 0.717) is 17.4 Å². The number of benzene rings is 2. The molecule has 7 atom stereocenters. The Kier molecular flexibility index (Phi) is 6.50. The topological polar surface area (TPSA) is 78.8 Å². The zero-order chi connectivity index (χ0) is 26.8. The highest BCUT2D eigenvalue weighted by Gasteiger charge is 2.70. The van der Waals surface area contributed by atoms with E-state index in [2.05, 4.69) is 43.4 Å². The van der Waals surface area contributed by atoms with Crippen LogP contribution >= 0.6 is 0 Å². The Morgan fingerprint density at radius 1 is 1.13 bits per heavy atom. The van der Waals surface area contributed by atoms with Gasteiger partial charge in [-0.1, -0.05) is 24.3 Å². The van der Waals surface area contributed by atoms with Gasteiger partial charge in [-0.3, -0.25) is 4.79 Å². The van der Waals surface area contributed by atoms with Gasteiger partial charge in [0.15, 0.2) is 11.6 Å². The van der Waals surface area contributed by atoms with Crippen molar-refractivity contribution in [3.8, 4) is 5.75 Å². The van der Waals surface area contributed by atoms with Gasteiger partial charge in [-0.2, -0.15) is 4.39 Å². The molecule has 2 bridgehead atoms. The molecule has 4 aliphatic carbocycles. The van der Waals surface area contributed by atoms with E-state index in [1.54, 1.807) is 6.07 Å². The highest BCUT2D eigenvalue weighted by atomic mass is 19.2. The zero-order valence-corrected chi connectivity index (χ0v) is 22.0. The van der Waals surface area contributed by atoms with Gasteiger partial charge in [-0.05, 0) is 110 Å². The second kappa shape index (κ2) is 9.60. The summed E-state index contributed by atoms with van der Waals surface area (Å²) in [7, 11) is 0. The minimum absolute atomic E-state index is 0.0252. The fraction of sp³-hybridized carbons (Fsp3) is 0.581. The number of β-amino-alcohol motifs (C(OH)–C–C–N with tert-alkyl or cyclic N) is 1. The lowest BCUT2D eigenvalue weighted by atomic mass is 9.83. The van der Waals surface area contributed by atoms with E-state index in [0.717, 1.165) is 32.1 Å². The molecule has 6 unspecified atom stereocenters. The van der Waals surface area contributed by atoms with Crippen LogP contribution in [0.15, 0.2) is 36.4 Å². The molecule has 2 aromatic carbocycles. The number of aliphatic hydroxyl groups is 1. The van der Waals surface area contributed by atoms with Crippen molar-refractivity contribution in [1.82, 2.24) is 5.32 Å². The zero-order valence-electron chi connectivity index (χ0n) is 22.0. The molecular formula is C31H37F2NO4. The highest BCUT2D eigenvalue weighted by molar-refractivity contribution is 5.75. The van der Waals surface area contributed by atoms with Crippen LogP contribution in [0.1, 0.15) is 55.7 Å². The number of halogens is 2. The SMILES string of the molecule is CC(C)(CC1Cc2ccccc2C1)NC[C@@H](O)COc1cc(C2CC3CC2C2C(C(=O)O)C32)cc(F)c1F. The Morgan fingerprint density at radius 2 is 1.84 bits per heavy atom. The predicted octanol–water partition coefficient (Wildman–Crippen LogP) is 4.95. The second-order valence-corrected chi connectivity index (χ2v) is 12.8. The highest BCUT2D eigenvalue weighted by Crippen LogP contribution is 2.72. The number of rotatable bonds is 10. The molecule has 6 rings (SSSR count). The standard InChI is InChI=1S/C31H37F2NO4/c1-31(2,13-16-7-17-5-3-4-6-18(17)8-16)34-14-21(35)15-38-25-12-19(11-24(32)29(25)33)22-9-20-10-23(22)27-26(20)28(27)30(36)37/h3-6,11-12,16,20-23,26-28,34-35H,7-10,13-15H2,1-2H3,(H,36,37)/t20?,21-,22?,23?,26?,27?,28?/m1/s1. The molecule has 0 radical (unpaired) electrons. The van der Waals surface area contributed by atoms with Gasteiger partial charge in [0, 0.05) is 12.1 Å².